The van der Waals surface area contributed by atoms with Crippen molar-refractivity contribution in [3.8, 4) is 0 Å². The molecule has 0 fully saturated rings. The summed E-state index contributed by atoms with van der Waals surface area (Å²) in [5.74, 6) is 0. The molecule has 0 bridgehead atoms. The molecule has 0 radical (unpaired) electrons. The molecule has 4 heteroatoms. The number of aromatic nitrogens is 4. The minimum atomic E-state index is 0.831. The standard InChI is InChI=1S/C9H12N4/c1-8-5-9(12(2)11-8)6-13-4-3-10-7-13/h3-5,7H,6H2,1-2H3. The minimum absolute atomic E-state index is 0.831. The lowest BCUT2D eigenvalue weighted by Crippen LogP contribution is -2.03. The zero-order valence-electron chi connectivity index (χ0n) is 7.81. The first-order valence-electron chi connectivity index (χ1n) is 4.21. The van der Waals surface area contributed by atoms with Crippen LogP contribution in [0.5, 0.6) is 0 Å². The van der Waals surface area contributed by atoms with E-state index in [-0.39, 0.29) is 0 Å². The second kappa shape index (κ2) is 3.05. The van der Waals surface area contributed by atoms with Crippen molar-refractivity contribution in [3.05, 3.63) is 36.2 Å². The van der Waals surface area contributed by atoms with Gasteiger partial charge < -0.3 is 4.57 Å². The molecular formula is C9H12N4. The molecule has 0 N–H and O–H groups in total. The van der Waals surface area contributed by atoms with Gasteiger partial charge >= 0.3 is 0 Å². The first-order valence-corrected chi connectivity index (χ1v) is 4.21. The third-order valence-corrected chi connectivity index (χ3v) is 2.00. The molecule has 0 aromatic carbocycles. The molecule has 13 heavy (non-hydrogen) atoms. The summed E-state index contributed by atoms with van der Waals surface area (Å²) in [7, 11) is 1.96. The van der Waals surface area contributed by atoms with E-state index in [1.807, 2.05) is 35.7 Å². The average Bonchev–Trinajstić information content (AvgIpc) is 2.63. The molecule has 0 aliphatic carbocycles. The van der Waals surface area contributed by atoms with E-state index in [0.29, 0.717) is 0 Å². The average molecular weight is 176 g/mol. The first-order chi connectivity index (χ1) is 6.25. The number of nitrogens with zero attached hydrogens (tertiary/aromatic N) is 4. The van der Waals surface area contributed by atoms with Crippen LogP contribution >= 0.6 is 0 Å². The smallest absolute Gasteiger partial charge is 0.0949 e. The van der Waals surface area contributed by atoms with E-state index in [2.05, 4.69) is 16.1 Å². The molecule has 0 spiro atoms. The van der Waals surface area contributed by atoms with Crippen LogP contribution < -0.4 is 0 Å². The van der Waals surface area contributed by atoms with Crippen LogP contribution in [0.1, 0.15) is 11.4 Å². The molecule has 68 valence electrons. The number of hydrogen-bond donors (Lipinski definition) is 0. The topological polar surface area (TPSA) is 35.6 Å². The summed E-state index contributed by atoms with van der Waals surface area (Å²) in [6, 6.07) is 2.08. The fourth-order valence-electron chi connectivity index (χ4n) is 1.38. The van der Waals surface area contributed by atoms with Crippen LogP contribution in [0.3, 0.4) is 0 Å². The molecule has 2 aromatic heterocycles. The van der Waals surface area contributed by atoms with E-state index in [1.54, 1.807) is 6.20 Å². The lowest BCUT2D eigenvalue weighted by atomic mass is 10.3. The second-order valence-corrected chi connectivity index (χ2v) is 3.14. The van der Waals surface area contributed by atoms with Crippen molar-refractivity contribution in [1.82, 2.24) is 19.3 Å². The predicted molar refractivity (Wildman–Crippen MR) is 49.3 cm³/mol. The summed E-state index contributed by atoms with van der Waals surface area (Å²) in [5.41, 5.74) is 2.24. The fourth-order valence-corrected chi connectivity index (χ4v) is 1.38. The van der Waals surface area contributed by atoms with Gasteiger partial charge in [0.1, 0.15) is 0 Å². The molecule has 4 nitrogen and oxygen atoms in total. The molecule has 0 saturated heterocycles. The Hall–Kier alpha value is -1.58. The van der Waals surface area contributed by atoms with Crippen molar-refractivity contribution in [2.24, 2.45) is 7.05 Å². The fraction of sp³-hybridized carbons (Fsp3) is 0.333. The van der Waals surface area contributed by atoms with Crippen molar-refractivity contribution < 1.29 is 0 Å². The van der Waals surface area contributed by atoms with Crippen LogP contribution in [0.25, 0.3) is 0 Å². The minimum Gasteiger partial charge on any atom is -0.332 e. The molecule has 0 atom stereocenters. The molecule has 0 amide bonds. The van der Waals surface area contributed by atoms with Crippen LogP contribution in [0, 0.1) is 6.92 Å². The molecule has 2 rings (SSSR count). The van der Waals surface area contributed by atoms with E-state index < -0.39 is 0 Å². The van der Waals surface area contributed by atoms with Crippen molar-refractivity contribution >= 4 is 0 Å². The molecule has 0 aliphatic heterocycles. The Morgan fingerprint density at radius 1 is 1.46 bits per heavy atom. The molecule has 0 unspecified atom stereocenters. The highest BCUT2D eigenvalue weighted by Crippen LogP contribution is 2.03. The summed E-state index contributed by atoms with van der Waals surface area (Å²) >= 11 is 0. The van der Waals surface area contributed by atoms with Gasteiger partial charge in [0.15, 0.2) is 0 Å². The summed E-state index contributed by atoms with van der Waals surface area (Å²) in [6.45, 7) is 2.83. The Morgan fingerprint density at radius 3 is 2.85 bits per heavy atom. The molecular weight excluding hydrogens is 164 g/mol. The van der Waals surface area contributed by atoms with Crippen LogP contribution in [0.2, 0.25) is 0 Å². The van der Waals surface area contributed by atoms with E-state index in [4.69, 9.17) is 0 Å². The van der Waals surface area contributed by atoms with Crippen LogP contribution in [-0.2, 0) is 13.6 Å². The normalized spacial score (nSPS) is 10.6. The van der Waals surface area contributed by atoms with Gasteiger partial charge in [-0.1, -0.05) is 0 Å². The third kappa shape index (κ3) is 1.61. The molecule has 0 aliphatic rings. The molecule has 0 saturated carbocycles. The maximum absolute atomic E-state index is 4.27. The Morgan fingerprint density at radius 2 is 2.31 bits per heavy atom. The van der Waals surface area contributed by atoms with Gasteiger partial charge in [0, 0.05) is 19.4 Å². The highest BCUT2D eigenvalue weighted by atomic mass is 15.3. The van der Waals surface area contributed by atoms with Gasteiger partial charge in [0.25, 0.3) is 0 Å². The summed E-state index contributed by atoms with van der Waals surface area (Å²) in [5, 5.41) is 4.27. The van der Waals surface area contributed by atoms with Gasteiger partial charge in [-0.15, -0.1) is 0 Å². The van der Waals surface area contributed by atoms with E-state index >= 15 is 0 Å². The van der Waals surface area contributed by atoms with Gasteiger partial charge in [-0.25, -0.2) is 4.98 Å². The predicted octanol–water partition coefficient (Wildman–Crippen LogP) is 0.973. The highest BCUT2D eigenvalue weighted by Gasteiger charge is 2.01. The summed E-state index contributed by atoms with van der Waals surface area (Å²) in [6.07, 6.45) is 5.54. The van der Waals surface area contributed by atoms with Crippen LogP contribution in [-0.4, -0.2) is 19.3 Å². The van der Waals surface area contributed by atoms with Gasteiger partial charge in [0.2, 0.25) is 0 Å². The maximum Gasteiger partial charge on any atom is 0.0949 e. The Balaban J connectivity index is 2.23. The maximum atomic E-state index is 4.27. The van der Waals surface area contributed by atoms with E-state index in [0.717, 1.165) is 12.2 Å². The van der Waals surface area contributed by atoms with Crippen LogP contribution in [0.4, 0.5) is 0 Å². The summed E-state index contributed by atoms with van der Waals surface area (Å²) < 4.78 is 3.92. The molecule has 2 aromatic rings. The largest absolute Gasteiger partial charge is 0.332 e. The number of rotatable bonds is 2. The second-order valence-electron chi connectivity index (χ2n) is 3.14. The Kier molecular flexibility index (Phi) is 1.88. The van der Waals surface area contributed by atoms with Crippen LogP contribution in [0.15, 0.2) is 24.8 Å². The Labute approximate surface area is 76.8 Å². The van der Waals surface area contributed by atoms with Gasteiger partial charge in [-0.2, -0.15) is 5.10 Å². The summed E-state index contributed by atoms with van der Waals surface area (Å²) in [4.78, 5) is 3.99. The van der Waals surface area contributed by atoms with Crippen molar-refractivity contribution in [1.29, 1.82) is 0 Å². The van der Waals surface area contributed by atoms with E-state index in [9.17, 15) is 0 Å². The zero-order valence-corrected chi connectivity index (χ0v) is 7.81. The lowest BCUT2D eigenvalue weighted by Gasteiger charge is -2.01. The SMILES string of the molecule is Cc1cc(Cn2ccnc2)n(C)n1. The third-order valence-electron chi connectivity index (χ3n) is 2.00. The lowest BCUT2D eigenvalue weighted by molar-refractivity contribution is 0.663. The number of imidazole rings is 1. The Bertz CT molecular complexity index is 386. The van der Waals surface area contributed by atoms with Crippen molar-refractivity contribution in [2.45, 2.75) is 13.5 Å². The zero-order chi connectivity index (χ0) is 9.26. The highest BCUT2D eigenvalue weighted by molar-refractivity contribution is 5.09. The van der Waals surface area contributed by atoms with E-state index in [1.165, 1.54) is 5.69 Å². The van der Waals surface area contributed by atoms with Gasteiger partial charge in [-0.05, 0) is 13.0 Å². The van der Waals surface area contributed by atoms with Crippen molar-refractivity contribution in [3.63, 3.8) is 0 Å². The number of aryl methyl sites for hydroxylation is 2. The quantitative estimate of drug-likeness (QED) is 0.683. The first kappa shape index (κ1) is 8.04. The van der Waals surface area contributed by atoms with Gasteiger partial charge in [-0.3, -0.25) is 4.68 Å². The molecule has 2 heterocycles. The monoisotopic (exact) mass is 176 g/mol. The number of hydrogen-bond acceptors (Lipinski definition) is 2. The van der Waals surface area contributed by atoms with Crippen molar-refractivity contribution in [2.75, 3.05) is 0 Å². The van der Waals surface area contributed by atoms with Gasteiger partial charge in [0.05, 0.1) is 24.3 Å².